The summed E-state index contributed by atoms with van der Waals surface area (Å²) in [6.45, 7) is 0.799. The van der Waals surface area contributed by atoms with Crippen molar-refractivity contribution >= 4 is 6.41 Å². The van der Waals surface area contributed by atoms with E-state index in [0.717, 1.165) is 30.9 Å². The molecule has 1 fully saturated rings. The molecule has 4 nitrogen and oxygen atoms in total. The number of hydrogen-bond donors (Lipinski definition) is 0. The smallest absolute Gasteiger partial charge is 0.210 e. The second kappa shape index (κ2) is 4.76. The zero-order valence-corrected chi connectivity index (χ0v) is 11.4. The molecule has 1 atom stereocenters. The van der Waals surface area contributed by atoms with Crippen molar-refractivity contribution in [3.05, 3.63) is 23.3 Å². The van der Waals surface area contributed by atoms with Gasteiger partial charge in [0, 0.05) is 6.54 Å². The van der Waals surface area contributed by atoms with Gasteiger partial charge in [0.15, 0.2) is 11.5 Å². The number of nitrogens with zero attached hydrogens (tertiary/aromatic N) is 1. The number of carbonyl (C=O) groups is 1. The fourth-order valence-corrected chi connectivity index (χ4v) is 3.05. The highest BCUT2D eigenvalue weighted by Crippen LogP contribution is 2.48. The van der Waals surface area contributed by atoms with Crippen LogP contribution in [0.15, 0.2) is 12.1 Å². The summed E-state index contributed by atoms with van der Waals surface area (Å²) in [6, 6.07) is 4.33. The van der Waals surface area contributed by atoms with E-state index < -0.39 is 0 Å². The van der Waals surface area contributed by atoms with Gasteiger partial charge in [-0.2, -0.15) is 0 Å². The molecule has 1 aromatic rings. The van der Waals surface area contributed by atoms with Crippen molar-refractivity contribution in [2.45, 2.75) is 25.3 Å². The predicted molar refractivity (Wildman–Crippen MR) is 71.5 cm³/mol. The lowest BCUT2D eigenvalue weighted by molar-refractivity contribution is -0.121. The van der Waals surface area contributed by atoms with E-state index in [-0.39, 0.29) is 6.04 Å². The fraction of sp³-hybridized carbons (Fsp3) is 0.533. The standard InChI is InChI=1S/C15H19NO3/c1-18-13-7-11-5-6-16(9-17)15(10-3-4-10)12(11)8-14(13)19-2/h7-10,15H,3-6H2,1-2H3. The molecule has 4 heteroatoms. The average molecular weight is 261 g/mol. The second-order valence-electron chi connectivity index (χ2n) is 5.28. The molecule has 1 aliphatic carbocycles. The Morgan fingerprint density at radius 2 is 1.89 bits per heavy atom. The van der Waals surface area contributed by atoms with Crippen LogP contribution in [0.25, 0.3) is 0 Å². The highest BCUT2D eigenvalue weighted by molar-refractivity contribution is 5.55. The van der Waals surface area contributed by atoms with Crippen molar-refractivity contribution < 1.29 is 14.3 Å². The van der Waals surface area contributed by atoms with Gasteiger partial charge in [0.1, 0.15) is 0 Å². The molecule has 0 N–H and O–H groups in total. The number of ether oxygens (including phenoxy) is 2. The Balaban J connectivity index is 2.06. The third kappa shape index (κ3) is 2.05. The van der Waals surface area contributed by atoms with Crippen LogP contribution in [0.3, 0.4) is 0 Å². The Bertz CT molecular complexity index is 496. The lowest BCUT2D eigenvalue weighted by Gasteiger charge is -2.35. The van der Waals surface area contributed by atoms with E-state index in [9.17, 15) is 4.79 Å². The molecule has 1 aromatic carbocycles. The first-order valence-electron chi connectivity index (χ1n) is 6.74. The summed E-state index contributed by atoms with van der Waals surface area (Å²) in [5.41, 5.74) is 2.52. The maximum Gasteiger partial charge on any atom is 0.210 e. The number of rotatable bonds is 4. The van der Waals surface area contributed by atoms with Crippen LogP contribution in [0.1, 0.15) is 30.0 Å². The summed E-state index contributed by atoms with van der Waals surface area (Å²) in [7, 11) is 3.31. The highest BCUT2D eigenvalue weighted by atomic mass is 16.5. The Hall–Kier alpha value is -1.71. The van der Waals surface area contributed by atoms with Gasteiger partial charge in [-0.25, -0.2) is 0 Å². The summed E-state index contributed by atoms with van der Waals surface area (Å²) < 4.78 is 10.7. The molecule has 1 aliphatic heterocycles. The number of benzene rings is 1. The van der Waals surface area contributed by atoms with E-state index in [1.807, 2.05) is 11.0 Å². The summed E-state index contributed by atoms with van der Waals surface area (Å²) in [5.74, 6) is 2.14. The van der Waals surface area contributed by atoms with Gasteiger partial charge in [-0.15, -0.1) is 0 Å². The van der Waals surface area contributed by atoms with E-state index in [1.54, 1.807) is 14.2 Å². The largest absolute Gasteiger partial charge is 0.493 e. The number of fused-ring (bicyclic) bond motifs is 1. The number of amides is 1. The molecule has 1 heterocycles. The van der Waals surface area contributed by atoms with Crippen LogP contribution in [0.2, 0.25) is 0 Å². The van der Waals surface area contributed by atoms with Gasteiger partial charge in [-0.3, -0.25) is 4.79 Å². The molecule has 102 valence electrons. The Labute approximate surface area is 113 Å². The van der Waals surface area contributed by atoms with E-state index in [1.165, 1.54) is 24.0 Å². The molecule has 0 radical (unpaired) electrons. The summed E-state index contributed by atoms with van der Waals surface area (Å²) in [5, 5.41) is 0. The molecule has 3 rings (SSSR count). The van der Waals surface area contributed by atoms with Crippen LogP contribution < -0.4 is 9.47 Å². The zero-order valence-electron chi connectivity index (χ0n) is 11.4. The molecular weight excluding hydrogens is 242 g/mol. The SMILES string of the molecule is COc1cc2c(cc1OC)C(C1CC1)N(C=O)CC2. The van der Waals surface area contributed by atoms with Crippen molar-refractivity contribution in [3.8, 4) is 11.5 Å². The summed E-state index contributed by atoms with van der Waals surface area (Å²) in [4.78, 5) is 13.2. The minimum atomic E-state index is 0.223. The molecule has 0 saturated heterocycles. The van der Waals surface area contributed by atoms with E-state index in [4.69, 9.17) is 9.47 Å². The van der Waals surface area contributed by atoms with Gasteiger partial charge in [-0.05, 0) is 48.4 Å². The van der Waals surface area contributed by atoms with E-state index in [0.29, 0.717) is 5.92 Å². The molecule has 2 aliphatic rings. The summed E-state index contributed by atoms with van der Waals surface area (Å²) in [6.07, 6.45) is 4.30. The quantitative estimate of drug-likeness (QED) is 0.780. The molecule has 1 unspecified atom stereocenters. The molecule has 1 saturated carbocycles. The van der Waals surface area contributed by atoms with Gasteiger partial charge in [0.25, 0.3) is 0 Å². The van der Waals surface area contributed by atoms with Crippen LogP contribution in [-0.2, 0) is 11.2 Å². The normalized spacial score (nSPS) is 21.8. The van der Waals surface area contributed by atoms with Crippen LogP contribution in [0.5, 0.6) is 11.5 Å². The lowest BCUT2D eigenvalue weighted by atomic mass is 9.89. The van der Waals surface area contributed by atoms with Crippen molar-refractivity contribution in [1.82, 2.24) is 4.90 Å². The maximum absolute atomic E-state index is 11.3. The Morgan fingerprint density at radius 1 is 1.21 bits per heavy atom. The van der Waals surface area contributed by atoms with E-state index in [2.05, 4.69) is 6.07 Å². The Morgan fingerprint density at radius 3 is 2.47 bits per heavy atom. The van der Waals surface area contributed by atoms with E-state index >= 15 is 0 Å². The minimum absolute atomic E-state index is 0.223. The van der Waals surface area contributed by atoms with Crippen LogP contribution >= 0.6 is 0 Å². The molecule has 19 heavy (non-hydrogen) atoms. The lowest BCUT2D eigenvalue weighted by Crippen LogP contribution is -2.35. The summed E-state index contributed by atoms with van der Waals surface area (Å²) >= 11 is 0. The number of methoxy groups -OCH3 is 2. The van der Waals surface area contributed by atoms with Crippen LogP contribution in [0.4, 0.5) is 0 Å². The number of carbonyl (C=O) groups excluding carboxylic acids is 1. The molecule has 0 aromatic heterocycles. The third-order valence-corrected chi connectivity index (χ3v) is 4.16. The third-order valence-electron chi connectivity index (χ3n) is 4.16. The van der Waals surface area contributed by atoms with Gasteiger partial charge >= 0.3 is 0 Å². The first-order chi connectivity index (χ1) is 9.28. The van der Waals surface area contributed by atoms with Crippen LogP contribution in [-0.4, -0.2) is 32.1 Å². The number of hydrogen-bond acceptors (Lipinski definition) is 3. The van der Waals surface area contributed by atoms with Gasteiger partial charge in [-0.1, -0.05) is 0 Å². The highest BCUT2D eigenvalue weighted by Gasteiger charge is 2.39. The zero-order chi connectivity index (χ0) is 13.4. The minimum Gasteiger partial charge on any atom is -0.493 e. The Kier molecular flexibility index (Phi) is 3.09. The van der Waals surface area contributed by atoms with Gasteiger partial charge in [0.05, 0.1) is 20.3 Å². The molecular formula is C15H19NO3. The molecule has 0 spiro atoms. The molecule has 1 amide bonds. The predicted octanol–water partition coefficient (Wildman–Crippen LogP) is 2.17. The fourth-order valence-electron chi connectivity index (χ4n) is 3.05. The average Bonchev–Trinajstić information content (AvgIpc) is 3.28. The second-order valence-corrected chi connectivity index (χ2v) is 5.28. The van der Waals surface area contributed by atoms with Crippen molar-refractivity contribution in [3.63, 3.8) is 0 Å². The first kappa shape index (κ1) is 12.3. The van der Waals surface area contributed by atoms with Crippen LogP contribution in [0, 0.1) is 5.92 Å². The topological polar surface area (TPSA) is 38.8 Å². The van der Waals surface area contributed by atoms with Crippen molar-refractivity contribution in [2.75, 3.05) is 20.8 Å². The maximum atomic E-state index is 11.3. The monoisotopic (exact) mass is 261 g/mol. The van der Waals surface area contributed by atoms with Crippen molar-refractivity contribution in [1.29, 1.82) is 0 Å². The van der Waals surface area contributed by atoms with Gasteiger partial charge in [0.2, 0.25) is 6.41 Å². The molecule has 0 bridgehead atoms. The first-order valence-corrected chi connectivity index (χ1v) is 6.74. The van der Waals surface area contributed by atoms with Crippen molar-refractivity contribution in [2.24, 2.45) is 5.92 Å². The van der Waals surface area contributed by atoms with Gasteiger partial charge < -0.3 is 14.4 Å².